The number of anilines is 1. The molecular weight excluding hydrogens is 500 g/mol. The minimum atomic E-state index is -3.65. The first-order valence-corrected chi connectivity index (χ1v) is 13.5. The summed E-state index contributed by atoms with van der Waals surface area (Å²) in [6, 6.07) is 19.7. The number of nitrogens with one attached hydrogen (secondary N) is 2. The number of hydroxylamine groups is 1. The van der Waals surface area contributed by atoms with Crippen molar-refractivity contribution in [3.05, 3.63) is 88.8 Å². The van der Waals surface area contributed by atoms with Crippen LogP contribution in [0.5, 0.6) is 0 Å². The first-order valence-electron chi connectivity index (χ1n) is 11.3. The van der Waals surface area contributed by atoms with Gasteiger partial charge in [0.15, 0.2) is 0 Å². The SMILES string of the molecule is O=C(C=Cc1ccccc1N1CCN(S(=O)(=O)c2ccc(CNC(=O)c3ccccc3)s2)CC1)NO. The summed E-state index contributed by atoms with van der Waals surface area (Å²) in [5.41, 5.74) is 3.78. The van der Waals surface area contributed by atoms with Gasteiger partial charge in [0, 0.05) is 48.4 Å². The van der Waals surface area contributed by atoms with Gasteiger partial charge in [-0.3, -0.25) is 14.8 Å². The van der Waals surface area contributed by atoms with Crippen molar-refractivity contribution in [1.29, 1.82) is 0 Å². The van der Waals surface area contributed by atoms with Crippen molar-refractivity contribution < 1.29 is 23.2 Å². The Kier molecular flexibility index (Phi) is 8.16. The lowest BCUT2D eigenvalue weighted by Crippen LogP contribution is -2.48. The number of amides is 2. The average Bonchev–Trinajstić information content (AvgIpc) is 3.41. The number of benzene rings is 2. The summed E-state index contributed by atoms with van der Waals surface area (Å²) in [5, 5.41) is 11.5. The van der Waals surface area contributed by atoms with E-state index >= 15 is 0 Å². The molecule has 1 aliphatic rings. The van der Waals surface area contributed by atoms with Gasteiger partial charge in [-0.15, -0.1) is 11.3 Å². The number of carbonyl (C=O) groups is 2. The van der Waals surface area contributed by atoms with E-state index in [0.717, 1.165) is 27.5 Å². The minimum absolute atomic E-state index is 0.211. The summed E-state index contributed by atoms with van der Waals surface area (Å²) < 4.78 is 28.2. The van der Waals surface area contributed by atoms with Gasteiger partial charge < -0.3 is 10.2 Å². The van der Waals surface area contributed by atoms with Gasteiger partial charge in [-0.1, -0.05) is 36.4 Å². The van der Waals surface area contributed by atoms with Crippen LogP contribution < -0.4 is 15.7 Å². The number of thiophene rings is 1. The molecule has 0 aliphatic carbocycles. The summed E-state index contributed by atoms with van der Waals surface area (Å²) in [4.78, 5) is 26.4. The summed E-state index contributed by atoms with van der Waals surface area (Å²) in [6.45, 7) is 1.86. The van der Waals surface area contributed by atoms with E-state index in [-0.39, 0.29) is 16.7 Å². The molecule has 0 bridgehead atoms. The Morgan fingerprint density at radius 1 is 0.944 bits per heavy atom. The lowest BCUT2D eigenvalue weighted by atomic mass is 10.1. The molecule has 11 heteroatoms. The van der Waals surface area contributed by atoms with Gasteiger partial charge in [-0.2, -0.15) is 4.31 Å². The van der Waals surface area contributed by atoms with Gasteiger partial charge >= 0.3 is 0 Å². The summed E-state index contributed by atoms with van der Waals surface area (Å²) >= 11 is 1.16. The highest BCUT2D eigenvalue weighted by Crippen LogP contribution is 2.28. The zero-order chi connectivity index (χ0) is 25.5. The topological polar surface area (TPSA) is 119 Å². The van der Waals surface area contributed by atoms with Crippen LogP contribution in [0.3, 0.4) is 0 Å². The van der Waals surface area contributed by atoms with E-state index in [1.54, 1.807) is 48.0 Å². The molecule has 0 saturated carbocycles. The molecule has 0 radical (unpaired) electrons. The molecule has 9 nitrogen and oxygen atoms in total. The van der Waals surface area contributed by atoms with Gasteiger partial charge in [-0.05, 0) is 42.0 Å². The predicted octanol–water partition coefficient (Wildman–Crippen LogP) is 2.71. The molecule has 188 valence electrons. The van der Waals surface area contributed by atoms with Gasteiger partial charge in [0.25, 0.3) is 21.8 Å². The third-order valence-electron chi connectivity index (χ3n) is 5.73. The van der Waals surface area contributed by atoms with Crippen molar-refractivity contribution in [1.82, 2.24) is 15.1 Å². The molecule has 2 heterocycles. The van der Waals surface area contributed by atoms with Crippen molar-refractivity contribution in [2.75, 3.05) is 31.1 Å². The number of nitrogens with zero attached hydrogens (tertiary/aromatic N) is 2. The number of piperazine rings is 1. The monoisotopic (exact) mass is 526 g/mol. The summed E-state index contributed by atoms with van der Waals surface area (Å²) in [7, 11) is -3.65. The quantitative estimate of drug-likeness (QED) is 0.236. The van der Waals surface area contributed by atoms with E-state index in [9.17, 15) is 18.0 Å². The van der Waals surface area contributed by atoms with Crippen LogP contribution in [0, 0.1) is 0 Å². The molecule has 3 N–H and O–H groups in total. The van der Waals surface area contributed by atoms with Crippen molar-refractivity contribution in [3.8, 4) is 0 Å². The van der Waals surface area contributed by atoms with Crippen LogP contribution in [0.25, 0.3) is 6.08 Å². The van der Waals surface area contributed by atoms with Crippen LogP contribution in [-0.2, 0) is 21.4 Å². The van der Waals surface area contributed by atoms with Crippen LogP contribution in [0.2, 0.25) is 0 Å². The molecule has 36 heavy (non-hydrogen) atoms. The highest BCUT2D eigenvalue weighted by molar-refractivity contribution is 7.91. The predicted molar refractivity (Wildman–Crippen MR) is 138 cm³/mol. The molecule has 0 atom stereocenters. The standard InChI is InChI=1S/C25H26N4O5S2/c30-23(27-32)12-10-19-6-4-5-9-22(19)28-14-16-29(17-15-28)36(33,34)24-13-11-21(35-24)18-26-25(31)20-7-2-1-3-8-20/h1-13,32H,14-18H2,(H,26,31)(H,27,30). The highest BCUT2D eigenvalue weighted by atomic mass is 32.2. The Morgan fingerprint density at radius 3 is 2.36 bits per heavy atom. The first kappa shape index (κ1) is 25.6. The number of sulfonamides is 1. The second-order valence-corrected chi connectivity index (χ2v) is 11.4. The molecule has 1 aliphatic heterocycles. The second kappa shape index (κ2) is 11.5. The fourth-order valence-corrected chi connectivity index (χ4v) is 6.74. The number of hydrogen-bond donors (Lipinski definition) is 3. The Balaban J connectivity index is 1.37. The normalized spacial score (nSPS) is 14.6. The van der Waals surface area contributed by atoms with Crippen LogP contribution in [0.4, 0.5) is 5.69 Å². The maximum Gasteiger partial charge on any atom is 0.267 e. The molecule has 4 rings (SSSR count). The Labute approximate surface area is 213 Å². The third-order valence-corrected chi connectivity index (χ3v) is 9.18. The number of para-hydroxylation sites is 1. The highest BCUT2D eigenvalue weighted by Gasteiger charge is 2.30. The van der Waals surface area contributed by atoms with Crippen molar-refractivity contribution in [3.63, 3.8) is 0 Å². The zero-order valence-corrected chi connectivity index (χ0v) is 21.0. The van der Waals surface area contributed by atoms with Gasteiger partial charge in [0.05, 0.1) is 6.54 Å². The van der Waals surface area contributed by atoms with Gasteiger partial charge in [-0.25, -0.2) is 13.9 Å². The lowest BCUT2D eigenvalue weighted by molar-refractivity contribution is -0.124. The van der Waals surface area contributed by atoms with Crippen LogP contribution in [0.1, 0.15) is 20.8 Å². The largest absolute Gasteiger partial charge is 0.368 e. The summed E-state index contributed by atoms with van der Waals surface area (Å²) in [5.74, 6) is -0.840. The Bertz CT molecular complexity index is 1350. The molecule has 3 aromatic rings. The first-order chi connectivity index (χ1) is 17.4. The lowest BCUT2D eigenvalue weighted by Gasteiger charge is -2.35. The molecule has 1 saturated heterocycles. The fourth-order valence-electron chi connectivity index (χ4n) is 3.87. The van der Waals surface area contributed by atoms with Crippen molar-refractivity contribution in [2.45, 2.75) is 10.8 Å². The summed E-state index contributed by atoms with van der Waals surface area (Å²) in [6.07, 6.45) is 2.84. The van der Waals surface area contributed by atoms with E-state index in [1.807, 2.05) is 30.3 Å². The van der Waals surface area contributed by atoms with Crippen molar-refractivity contribution >= 4 is 44.9 Å². The number of hydrogen-bond acceptors (Lipinski definition) is 7. The van der Waals surface area contributed by atoms with Crippen LogP contribution in [-0.4, -0.2) is 55.9 Å². The maximum atomic E-state index is 13.2. The number of carbonyl (C=O) groups excluding carboxylic acids is 2. The van der Waals surface area contributed by atoms with E-state index < -0.39 is 15.9 Å². The fraction of sp³-hybridized carbons (Fsp3) is 0.200. The Hall–Kier alpha value is -3.51. The minimum Gasteiger partial charge on any atom is -0.368 e. The molecule has 2 aromatic carbocycles. The van der Waals surface area contributed by atoms with E-state index in [0.29, 0.717) is 31.7 Å². The molecule has 1 fully saturated rings. The van der Waals surface area contributed by atoms with E-state index in [1.165, 1.54) is 10.4 Å². The third kappa shape index (κ3) is 6.00. The molecule has 2 amide bonds. The molecule has 0 unspecified atom stereocenters. The smallest absolute Gasteiger partial charge is 0.267 e. The van der Waals surface area contributed by atoms with Crippen molar-refractivity contribution in [2.24, 2.45) is 0 Å². The zero-order valence-electron chi connectivity index (χ0n) is 19.3. The van der Waals surface area contributed by atoms with E-state index in [4.69, 9.17) is 5.21 Å². The van der Waals surface area contributed by atoms with E-state index in [2.05, 4.69) is 10.2 Å². The molecule has 1 aromatic heterocycles. The molecule has 0 spiro atoms. The number of rotatable bonds is 8. The van der Waals surface area contributed by atoms with Crippen LogP contribution >= 0.6 is 11.3 Å². The average molecular weight is 527 g/mol. The Morgan fingerprint density at radius 2 is 1.64 bits per heavy atom. The molecular formula is C25H26N4O5S2. The second-order valence-electron chi connectivity index (χ2n) is 8.03. The van der Waals surface area contributed by atoms with Gasteiger partial charge in [0.1, 0.15) is 4.21 Å². The van der Waals surface area contributed by atoms with Crippen LogP contribution in [0.15, 0.2) is 77.0 Å². The maximum absolute atomic E-state index is 13.2. The van der Waals surface area contributed by atoms with Gasteiger partial charge in [0.2, 0.25) is 0 Å².